The van der Waals surface area contributed by atoms with Gasteiger partial charge in [0.05, 0.1) is 7.11 Å². The predicted molar refractivity (Wildman–Crippen MR) is 103 cm³/mol. The Morgan fingerprint density at radius 3 is 2.76 bits per heavy atom. The normalized spacial score (nSPS) is 15.6. The first-order chi connectivity index (χ1) is 12.1. The number of carbonyl (C=O) groups is 1. The minimum atomic E-state index is -0.784. The van der Waals surface area contributed by atoms with Gasteiger partial charge >= 0.3 is 5.97 Å². The van der Waals surface area contributed by atoms with Crippen LogP contribution in [0.5, 0.6) is 5.75 Å². The molecule has 1 unspecified atom stereocenters. The lowest BCUT2D eigenvalue weighted by atomic mass is 9.96. The number of benzene rings is 2. The summed E-state index contributed by atoms with van der Waals surface area (Å²) >= 11 is 5.59. The van der Waals surface area contributed by atoms with E-state index in [0.29, 0.717) is 18.1 Å². The first-order valence-corrected chi connectivity index (χ1v) is 8.52. The van der Waals surface area contributed by atoms with Crippen LogP contribution in [0.25, 0.3) is 0 Å². The van der Waals surface area contributed by atoms with Gasteiger partial charge in [-0.3, -0.25) is 4.79 Å². The Morgan fingerprint density at radius 2 is 2.08 bits per heavy atom. The molecule has 0 aliphatic carbocycles. The van der Waals surface area contributed by atoms with Crippen molar-refractivity contribution in [3.8, 4) is 5.75 Å². The lowest BCUT2D eigenvalue weighted by molar-refractivity contribution is -0.137. The summed E-state index contributed by atoms with van der Waals surface area (Å²) in [5, 5.41) is 12.9. The van der Waals surface area contributed by atoms with Gasteiger partial charge in [-0.05, 0) is 54.5 Å². The van der Waals surface area contributed by atoms with Gasteiger partial charge in [0, 0.05) is 30.3 Å². The number of hydrogen-bond donors (Lipinski definition) is 2. The number of thiocarbonyl (C=S) groups is 1. The highest BCUT2D eigenvalue weighted by Crippen LogP contribution is 2.41. The zero-order chi connectivity index (χ0) is 17.8. The molecule has 0 bridgehead atoms. The molecule has 0 saturated heterocycles. The number of carboxylic acids is 1. The monoisotopic (exact) mass is 356 g/mol. The van der Waals surface area contributed by atoms with E-state index in [0.717, 1.165) is 22.7 Å². The second-order valence-corrected chi connectivity index (χ2v) is 6.35. The molecule has 130 valence electrons. The van der Waals surface area contributed by atoms with Crippen molar-refractivity contribution in [1.29, 1.82) is 0 Å². The summed E-state index contributed by atoms with van der Waals surface area (Å²) in [4.78, 5) is 13.0. The van der Waals surface area contributed by atoms with E-state index in [4.69, 9.17) is 22.1 Å². The SMILES string of the molecule is COc1ccc2c(c1)C(CCC(=O)O)CN2C(=S)Nc1ccccc1. The summed E-state index contributed by atoms with van der Waals surface area (Å²) in [5.74, 6) is 0.0902. The quantitative estimate of drug-likeness (QED) is 0.793. The fourth-order valence-corrected chi connectivity index (χ4v) is 3.39. The number of hydrogen-bond acceptors (Lipinski definition) is 3. The van der Waals surface area contributed by atoms with Crippen molar-refractivity contribution in [3.05, 3.63) is 54.1 Å². The molecule has 25 heavy (non-hydrogen) atoms. The molecule has 0 radical (unpaired) electrons. The molecule has 6 heteroatoms. The average Bonchev–Trinajstić information content (AvgIpc) is 2.98. The van der Waals surface area contributed by atoms with Crippen LogP contribution >= 0.6 is 12.2 Å². The van der Waals surface area contributed by atoms with E-state index in [-0.39, 0.29) is 12.3 Å². The lowest BCUT2D eigenvalue weighted by Gasteiger charge is -2.22. The van der Waals surface area contributed by atoms with Crippen LogP contribution < -0.4 is 15.0 Å². The maximum absolute atomic E-state index is 11.0. The Labute approximate surface area is 152 Å². The van der Waals surface area contributed by atoms with Crippen LogP contribution in [0, 0.1) is 0 Å². The summed E-state index contributed by atoms with van der Waals surface area (Å²) < 4.78 is 5.32. The molecule has 2 N–H and O–H groups in total. The maximum atomic E-state index is 11.0. The molecule has 1 heterocycles. The second kappa shape index (κ2) is 7.53. The molecule has 3 rings (SSSR count). The highest BCUT2D eigenvalue weighted by molar-refractivity contribution is 7.80. The molecule has 2 aromatic rings. The molecular weight excluding hydrogens is 336 g/mol. The van der Waals surface area contributed by atoms with Gasteiger partial charge in [-0.15, -0.1) is 0 Å². The molecule has 0 fully saturated rings. The Hall–Kier alpha value is -2.60. The van der Waals surface area contributed by atoms with E-state index >= 15 is 0 Å². The Balaban J connectivity index is 1.84. The lowest BCUT2D eigenvalue weighted by Crippen LogP contribution is -2.33. The first kappa shape index (κ1) is 17.2. The average molecular weight is 356 g/mol. The third kappa shape index (κ3) is 3.91. The zero-order valence-electron chi connectivity index (χ0n) is 13.9. The van der Waals surface area contributed by atoms with E-state index in [1.54, 1.807) is 7.11 Å². The van der Waals surface area contributed by atoms with Gasteiger partial charge in [0.15, 0.2) is 5.11 Å². The second-order valence-electron chi connectivity index (χ2n) is 5.96. The third-order valence-corrected chi connectivity index (χ3v) is 4.67. The largest absolute Gasteiger partial charge is 0.497 e. The molecule has 0 amide bonds. The van der Waals surface area contributed by atoms with Crippen molar-refractivity contribution in [2.75, 3.05) is 23.9 Å². The van der Waals surface area contributed by atoms with E-state index < -0.39 is 5.97 Å². The van der Waals surface area contributed by atoms with Gasteiger partial charge in [0.25, 0.3) is 0 Å². The first-order valence-electron chi connectivity index (χ1n) is 8.12. The van der Waals surface area contributed by atoms with Crippen LogP contribution in [0.15, 0.2) is 48.5 Å². The topological polar surface area (TPSA) is 61.8 Å². The fourth-order valence-electron chi connectivity index (χ4n) is 3.10. The van der Waals surface area contributed by atoms with E-state index in [2.05, 4.69) is 5.32 Å². The zero-order valence-corrected chi connectivity index (χ0v) is 14.8. The number of nitrogens with zero attached hydrogens (tertiary/aromatic N) is 1. The van der Waals surface area contributed by atoms with E-state index in [1.807, 2.05) is 53.4 Å². The molecule has 0 aromatic heterocycles. The number of nitrogens with one attached hydrogen (secondary N) is 1. The third-order valence-electron chi connectivity index (χ3n) is 4.35. The van der Waals surface area contributed by atoms with Crippen LogP contribution in [0.4, 0.5) is 11.4 Å². The number of ether oxygens (including phenoxy) is 1. The van der Waals surface area contributed by atoms with Gasteiger partial charge in [-0.2, -0.15) is 0 Å². The standard InChI is InChI=1S/C19H20N2O3S/c1-24-15-8-9-17-16(11-15)13(7-10-18(22)23)12-21(17)19(25)20-14-5-3-2-4-6-14/h2-6,8-9,11,13H,7,10,12H2,1H3,(H,20,25)(H,22,23). The van der Waals surface area contributed by atoms with Gasteiger partial charge in [-0.25, -0.2) is 0 Å². The number of methoxy groups -OCH3 is 1. The van der Waals surface area contributed by atoms with Crippen molar-refractivity contribution in [2.24, 2.45) is 0 Å². The van der Waals surface area contributed by atoms with Crippen LogP contribution in [0.1, 0.15) is 24.3 Å². The van der Waals surface area contributed by atoms with Crippen molar-refractivity contribution in [3.63, 3.8) is 0 Å². The van der Waals surface area contributed by atoms with Crippen molar-refractivity contribution < 1.29 is 14.6 Å². The number of carboxylic acid groups (broad SMARTS) is 1. The van der Waals surface area contributed by atoms with Gasteiger partial charge in [0.1, 0.15) is 5.75 Å². The van der Waals surface area contributed by atoms with Crippen molar-refractivity contribution >= 4 is 34.7 Å². The Kier molecular flexibility index (Phi) is 5.19. The summed E-state index contributed by atoms with van der Waals surface area (Å²) in [7, 11) is 1.63. The highest BCUT2D eigenvalue weighted by atomic mass is 32.1. The van der Waals surface area contributed by atoms with Crippen LogP contribution in [-0.2, 0) is 4.79 Å². The van der Waals surface area contributed by atoms with Crippen molar-refractivity contribution in [1.82, 2.24) is 0 Å². The van der Waals surface area contributed by atoms with E-state index in [9.17, 15) is 4.79 Å². The van der Waals surface area contributed by atoms with Crippen LogP contribution in [-0.4, -0.2) is 29.8 Å². The molecule has 0 saturated carbocycles. The molecule has 1 atom stereocenters. The minimum Gasteiger partial charge on any atom is -0.497 e. The smallest absolute Gasteiger partial charge is 0.303 e. The van der Waals surface area contributed by atoms with Gasteiger partial charge < -0.3 is 20.1 Å². The number of fused-ring (bicyclic) bond motifs is 1. The molecular formula is C19H20N2O3S. The van der Waals surface area contributed by atoms with E-state index in [1.165, 1.54) is 0 Å². The Bertz CT molecular complexity index is 779. The van der Waals surface area contributed by atoms with Crippen molar-refractivity contribution in [2.45, 2.75) is 18.8 Å². The molecule has 0 spiro atoms. The minimum absolute atomic E-state index is 0.108. The van der Waals surface area contributed by atoms with Gasteiger partial charge in [-0.1, -0.05) is 18.2 Å². The molecule has 1 aliphatic heterocycles. The number of aliphatic carboxylic acids is 1. The van der Waals surface area contributed by atoms with Gasteiger partial charge in [0.2, 0.25) is 0 Å². The number of anilines is 2. The number of rotatable bonds is 5. The Morgan fingerprint density at radius 1 is 1.32 bits per heavy atom. The fraction of sp³-hybridized carbons (Fsp3) is 0.263. The summed E-state index contributed by atoms with van der Waals surface area (Å²) in [6, 6.07) is 15.6. The molecule has 2 aromatic carbocycles. The molecule has 5 nitrogen and oxygen atoms in total. The van der Waals surface area contributed by atoms with Crippen LogP contribution in [0.2, 0.25) is 0 Å². The molecule has 1 aliphatic rings. The summed E-state index contributed by atoms with van der Waals surface area (Å²) in [5.41, 5.74) is 3.01. The number of para-hydroxylation sites is 1. The highest BCUT2D eigenvalue weighted by Gasteiger charge is 2.31. The maximum Gasteiger partial charge on any atom is 0.303 e. The predicted octanol–water partition coefficient (Wildman–Crippen LogP) is 3.86. The van der Waals surface area contributed by atoms with Crippen LogP contribution in [0.3, 0.4) is 0 Å². The summed E-state index contributed by atoms with van der Waals surface area (Å²) in [6.45, 7) is 0.661. The summed E-state index contributed by atoms with van der Waals surface area (Å²) in [6.07, 6.45) is 0.702.